The molecule has 4 nitrogen and oxygen atoms in total. The second-order valence-electron chi connectivity index (χ2n) is 4.67. The van der Waals surface area contributed by atoms with E-state index in [0.29, 0.717) is 18.4 Å². The van der Waals surface area contributed by atoms with E-state index in [0.717, 1.165) is 12.5 Å². The maximum absolute atomic E-state index is 8.64. The topological polar surface area (TPSA) is 61.8 Å². The van der Waals surface area contributed by atoms with E-state index in [1.165, 1.54) is 32.1 Å². The molecule has 0 bridgehead atoms. The number of rotatable bonds is 5. The van der Waals surface area contributed by atoms with Crippen LogP contribution in [0.5, 0.6) is 0 Å². The van der Waals surface area contributed by atoms with Crippen molar-refractivity contribution in [2.45, 2.75) is 52.0 Å². The van der Waals surface area contributed by atoms with Crippen molar-refractivity contribution in [3.63, 3.8) is 0 Å². The van der Waals surface area contributed by atoms with Crippen molar-refractivity contribution < 1.29 is 5.21 Å². The van der Waals surface area contributed by atoms with Crippen LogP contribution in [0.4, 0.5) is 0 Å². The molecule has 0 aliphatic heterocycles. The van der Waals surface area contributed by atoms with Crippen molar-refractivity contribution in [2.24, 2.45) is 16.8 Å². The molecule has 1 saturated carbocycles. The summed E-state index contributed by atoms with van der Waals surface area (Å²) in [5.74, 6) is 1.10. The van der Waals surface area contributed by atoms with Crippen molar-refractivity contribution >= 4 is 5.84 Å². The highest BCUT2D eigenvalue weighted by molar-refractivity contribution is 5.81. The number of hydrogen-bond acceptors (Lipinski definition) is 3. The minimum atomic E-state index is 0.322. The van der Waals surface area contributed by atoms with Crippen molar-refractivity contribution in [3.05, 3.63) is 0 Å². The van der Waals surface area contributed by atoms with Crippen LogP contribution < -0.4 is 5.73 Å². The summed E-state index contributed by atoms with van der Waals surface area (Å²) in [6.45, 7) is 5.97. The van der Waals surface area contributed by atoms with E-state index in [9.17, 15) is 0 Å². The SMILES string of the molecule is CCC1CCCCC1N(CC)CC(N)=NO. The van der Waals surface area contributed by atoms with Crippen LogP contribution in [0, 0.1) is 5.92 Å². The number of nitrogens with zero attached hydrogens (tertiary/aromatic N) is 2. The predicted molar refractivity (Wildman–Crippen MR) is 66.7 cm³/mol. The van der Waals surface area contributed by atoms with Crippen LogP contribution in [0.25, 0.3) is 0 Å². The molecule has 0 spiro atoms. The zero-order valence-electron chi connectivity index (χ0n) is 10.5. The maximum atomic E-state index is 8.64. The smallest absolute Gasteiger partial charge is 0.153 e. The molecule has 0 aromatic rings. The molecule has 4 heteroatoms. The molecule has 3 N–H and O–H groups in total. The highest BCUT2D eigenvalue weighted by Crippen LogP contribution is 2.30. The summed E-state index contributed by atoms with van der Waals surface area (Å²) in [5.41, 5.74) is 5.60. The van der Waals surface area contributed by atoms with E-state index in [1.807, 2.05) is 0 Å². The summed E-state index contributed by atoms with van der Waals surface area (Å²) < 4.78 is 0. The Kier molecular flexibility index (Phi) is 5.60. The second kappa shape index (κ2) is 6.74. The Morgan fingerprint density at radius 1 is 1.38 bits per heavy atom. The molecule has 0 heterocycles. The van der Waals surface area contributed by atoms with Crippen LogP contribution in [0.3, 0.4) is 0 Å². The van der Waals surface area contributed by atoms with Gasteiger partial charge in [0.2, 0.25) is 0 Å². The summed E-state index contributed by atoms with van der Waals surface area (Å²) in [6.07, 6.45) is 6.49. The van der Waals surface area contributed by atoms with E-state index in [1.54, 1.807) is 0 Å². The second-order valence-corrected chi connectivity index (χ2v) is 4.67. The molecule has 94 valence electrons. The summed E-state index contributed by atoms with van der Waals surface area (Å²) in [5, 5.41) is 11.7. The third-order valence-corrected chi connectivity index (χ3v) is 3.76. The third kappa shape index (κ3) is 3.37. The van der Waals surface area contributed by atoms with Gasteiger partial charge in [-0.05, 0) is 25.3 Å². The van der Waals surface area contributed by atoms with Crippen molar-refractivity contribution in [1.82, 2.24) is 4.90 Å². The Labute approximate surface area is 98.5 Å². The Hall–Kier alpha value is -0.770. The first-order valence-electron chi connectivity index (χ1n) is 6.43. The molecule has 1 aliphatic rings. The molecule has 0 saturated heterocycles. The average molecular weight is 227 g/mol. The normalized spacial score (nSPS) is 27.3. The lowest BCUT2D eigenvalue weighted by Crippen LogP contribution is -2.46. The monoisotopic (exact) mass is 227 g/mol. The van der Waals surface area contributed by atoms with E-state index >= 15 is 0 Å². The average Bonchev–Trinajstić information content (AvgIpc) is 2.35. The van der Waals surface area contributed by atoms with Gasteiger partial charge in [0.25, 0.3) is 0 Å². The molecule has 0 radical (unpaired) electrons. The van der Waals surface area contributed by atoms with Gasteiger partial charge in [-0.2, -0.15) is 0 Å². The number of hydrogen-bond donors (Lipinski definition) is 2. The number of oxime groups is 1. The molecule has 0 aromatic heterocycles. The Balaban J connectivity index is 2.61. The van der Waals surface area contributed by atoms with Crippen molar-refractivity contribution in [2.75, 3.05) is 13.1 Å². The lowest BCUT2D eigenvalue weighted by atomic mass is 9.82. The van der Waals surface area contributed by atoms with Crippen LogP contribution in [-0.2, 0) is 0 Å². The first kappa shape index (κ1) is 13.3. The third-order valence-electron chi connectivity index (χ3n) is 3.76. The molecule has 1 aliphatic carbocycles. The molecule has 0 aromatic carbocycles. The lowest BCUT2D eigenvalue weighted by molar-refractivity contribution is 0.120. The van der Waals surface area contributed by atoms with Crippen LogP contribution in [0.2, 0.25) is 0 Å². The van der Waals surface area contributed by atoms with Crippen LogP contribution >= 0.6 is 0 Å². The number of likely N-dealkylation sites (N-methyl/N-ethyl adjacent to an activating group) is 1. The minimum Gasteiger partial charge on any atom is -0.409 e. The Morgan fingerprint density at radius 3 is 2.62 bits per heavy atom. The van der Waals surface area contributed by atoms with E-state index in [-0.39, 0.29) is 0 Å². The number of amidine groups is 1. The van der Waals surface area contributed by atoms with Gasteiger partial charge in [0, 0.05) is 6.04 Å². The predicted octanol–water partition coefficient (Wildman–Crippen LogP) is 2.02. The van der Waals surface area contributed by atoms with Crippen molar-refractivity contribution in [3.8, 4) is 0 Å². The zero-order valence-corrected chi connectivity index (χ0v) is 10.5. The quantitative estimate of drug-likeness (QED) is 0.327. The molecular weight excluding hydrogens is 202 g/mol. The summed E-state index contributed by atoms with van der Waals surface area (Å²) in [6, 6.07) is 0.615. The number of nitrogens with two attached hydrogens (primary N) is 1. The van der Waals surface area contributed by atoms with Crippen LogP contribution in [0.1, 0.15) is 46.0 Å². The van der Waals surface area contributed by atoms with Crippen LogP contribution in [0.15, 0.2) is 5.16 Å². The van der Waals surface area contributed by atoms with Gasteiger partial charge >= 0.3 is 0 Å². The molecule has 1 fully saturated rings. The van der Waals surface area contributed by atoms with E-state index in [2.05, 4.69) is 23.9 Å². The van der Waals surface area contributed by atoms with Gasteiger partial charge in [-0.15, -0.1) is 0 Å². The van der Waals surface area contributed by atoms with Gasteiger partial charge < -0.3 is 10.9 Å². The summed E-state index contributed by atoms with van der Waals surface area (Å²) in [7, 11) is 0. The molecule has 1 rings (SSSR count). The highest BCUT2D eigenvalue weighted by atomic mass is 16.4. The largest absolute Gasteiger partial charge is 0.409 e. The first-order valence-corrected chi connectivity index (χ1v) is 6.43. The zero-order chi connectivity index (χ0) is 12.0. The van der Waals surface area contributed by atoms with Gasteiger partial charge in [-0.3, -0.25) is 4.90 Å². The Bertz CT molecular complexity index is 230. The van der Waals surface area contributed by atoms with Gasteiger partial charge in [0.15, 0.2) is 5.84 Å². The molecular formula is C12H25N3O. The maximum Gasteiger partial charge on any atom is 0.153 e. The summed E-state index contributed by atoms with van der Waals surface area (Å²) >= 11 is 0. The molecule has 2 atom stereocenters. The van der Waals surface area contributed by atoms with Gasteiger partial charge in [-0.25, -0.2) is 0 Å². The fourth-order valence-electron chi connectivity index (χ4n) is 2.85. The fraction of sp³-hybridized carbons (Fsp3) is 0.917. The minimum absolute atomic E-state index is 0.322. The van der Waals surface area contributed by atoms with E-state index in [4.69, 9.17) is 10.9 Å². The molecule has 16 heavy (non-hydrogen) atoms. The fourth-order valence-corrected chi connectivity index (χ4v) is 2.85. The van der Waals surface area contributed by atoms with Crippen LogP contribution in [-0.4, -0.2) is 35.1 Å². The highest BCUT2D eigenvalue weighted by Gasteiger charge is 2.28. The van der Waals surface area contributed by atoms with Gasteiger partial charge in [0.1, 0.15) is 0 Å². The van der Waals surface area contributed by atoms with Gasteiger partial charge in [-0.1, -0.05) is 38.3 Å². The van der Waals surface area contributed by atoms with Crippen molar-refractivity contribution in [1.29, 1.82) is 0 Å². The first-order chi connectivity index (χ1) is 7.72. The standard InChI is InChI=1S/C12H25N3O/c1-3-10-7-5-6-8-11(10)15(4-2)9-12(13)14-16/h10-11,16H,3-9H2,1-2H3,(H2,13,14). The molecule has 0 amide bonds. The molecule has 2 unspecified atom stereocenters. The Morgan fingerprint density at radius 2 is 2.06 bits per heavy atom. The lowest BCUT2D eigenvalue weighted by Gasteiger charge is -2.39. The van der Waals surface area contributed by atoms with E-state index < -0.39 is 0 Å². The summed E-state index contributed by atoms with van der Waals surface area (Å²) in [4.78, 5) is 2.35. The van der Waals surface area contributed by atoms with Gasteiger partial charge in [0.05, 0.1) is 6.54 Å².